The van der Waals surface area contributed by atoms with E-state index < -0.39 is 17.7 Å². The van der Waals surface area contributed by atoms with Crippen LogP contribution in [0.5, 0.6) is 5.75 Å². The summed E-state index contributed by atoms with van der Waals surface area (Å²) in [5.74, 6) is -0.792. The van der Waals surface area contributed by atoms with E-state index in [-0.39, 0.29) is 35.9 Å². The van der Waals surface area contributed by atoms with Crippen molar-refractivity contribution in [2.24, 2.45) is 5.92 Å². The molecule has 40 heavy (non-hydrogen) atoms. The molecule has 1 unspecified atom stereocenters. The van der Waals surface area contributed by atoms with Gasteiger partial charge in [0.05, 0.1) is 12.7 Å². The fourth-order valence-electron chi connectivity index (χ4n) is 6.46. The standard InChI is InChI=1S/C33H36F3N3O/c1-21(24-8-4-3-5-9-24)18-39-22(2)14-27-26-10-6-7-11-30(26)37-32(27)33(39)31-28(35)15-25(16-29(31)36)40-13-12-38-19-23(17-34)20-38/h3-11,15-16,21-23,33,37H,12-14,17-20H2,1-2H3/t21?,22-,33-/m1/s1. The number of nitrogens with zero attached hydrogens (tertiary/aromatic N) is 2. The Labute approximate surface area is 233 Å². The van der Waals surface area contributed by atoms with Gasteiger partial charge in [-0.15, -0.1) is 0 Å². The van der Waals surface area contributed by atoms with Crippen molar-refractivity contribution in [2.75, 3.05) is 39.5 Å². The van der Waals surface area contributed by atoms with Crippen LogP contribution in [0.15, 0.2) is 66.7 Å². The van der Waals surface area contributed by atoms with Gasteiger partial charge in [-0.05, 0) is 36.5 Å². The number of likely N-dealkylation sites (tertiary alicyclic amines) is 1. The first-order valence-electron chi connectivity index (χ1n) is 14.2. The lowest BCUT2D eigenvalue weighted by molar-refractivity contribution is 0.0667. The molecule has 1 aromatic heterocycles. The zero-order valence-electron chi connectivity index (χ0n) is 23.0. The summed E-state index contributed by atoms with van der Waals surface area (Å²) in [5.41, 5.74) is 4.19. The number of hydrogen-bond acceptors (Lipinski definition) is 3. The maximum atomic E-state index is 16.0. The van der Waals surface area contributed by atoms with Crippen molar-refractivity contribution in [3.05, 3.63) is 101 Å². The lowest BCUT2D eigenvalue weighted by Crippen LogP contribution is -2.49. The molecule has 1 N–H and O–H groups in total. The van der Waals surface area contributed by atoms with Gasteiger partial charge >= 0.3 is 0 Å². The fourth-order valence-corrected chi connectivity index (χ4v) is 6.46. The number of aromatic nitrogens is 1. The molecule has 0 spiro atoms. The lowest BCUT2D eigenvalue weighted by atomic mass is 9.86. The first kappa shape index (κ1) is 26.9. The van der Waals surface area contributed by atoms with E-state index in [1.807, 2.05) is 36.4 Å². The van der Waals surface area contributed by atoms with E-state index in [4.69, 9.17) is 4.74 Å². The van der Waals surface area contributed by atoms with Crippen LogP contribution >= 0.6 is 0 Å². The number of halogens is 3. The Morgan fingerprint density at radius 3 is 2.42 bits per heavy atom. The molecule has 210 valence electrons. The molecule has 3 heterocycles. The Kier molecular flexibility index (Phi) is 7.60. The molecule has 2 aliphatic rings. The molecule has 3 atom stereocenters. The molecule has 1 saturated heterocycles. The van der Waals surface area contributed by atoms with E-state index in [0.29, 0.717) is 32.8 Å². The number of hydrogen-bond donors (Lipinski definition) is 1. The molecular weight excluding hydrogens is 511 g/mol. The molecule has 0 saturated carbocycles. The summed E-state index contributed by atoms with van der Waals surface area (Å²) in [6.07, 6.45) is 0.793. The van der Waals surface area contributed by atoms with Gasteiger partial charge in [-0.2, -0.15) is 0 Å². The Hall–Kier alpha value is -3.29. The van der Waals surface area contributed by atoms with Crippen molar-refractivity contribution in [1.82, 2.24) is 14.8 Å². The smallest absolute Gasteiger partial charge is 0.135 e. The van der Waals surface area contributed by atoms with Crippen LogP contribution in [0.25, 0.3) is 10.9 Å². The average molecular weight is 548 g/mol. The summed E-state index contributed by atoms with van der Waals surface area (Å²) in [4.78, 5) is 7.85. The van der Waals surface area contributed by atoms with Gasteiger partial charge in [-0.3, -0.25) is 14.2 Å². The van der Waals surface area contributed by atoms with Crippen molar-refractivity contribution >= 4 is 10.9 Å². The van der Waals surface area contributed by atoms with Gasteiger partial charge < -0.3 is 9.72 Å². The van der Waals surface area contributed by atoms with Gasteiger partial charge in [0, 0.05) is 72.4 Å². The highest BCUT2D eigenvalue weighted by Gasteiger charge is 2.39. The third kappa shape index (κ3) is 5.13. The summed E-state index contributed by atoms with van der Waals surface area (Å²) in [6.45, 7) is 6.95. The second-order valence-corrected chi connectivity index (χ2v) is 11.5. The summed E-state index contributed by atoms with van der Waals surface area (Å²) in [7, 11) is 0. The Bertz CT molecular complexity index is 1440. The van der Waals surface area contributed by atoms with Crippen molar-refractivity contribution in [1.29, 1.82) is 0 Å². The Balaban J connectivity index is 1.32. The van der Waals surface area contributed by atoms with E-state index in [1.165, 1.54) is 17.7 Å². The summed E-state index contributed by atoms with van der Waals surface area (Å²) < 4.78 is 50.3. The van der Waals surface area contributed by atoms with Gasteiger partial charge in [0.2, 0.25) is 0 Å². The van der Waals surface area contributed by atoms with Gasteiger partial charge in [0.1, 0.15) is 24.0 Å². The largest absolute Gasteiger partial charge is 0.492 e. The number of rotatable bonds is 9. The monoisotopic (exact) mass is 547 g/mol. The lowest BCUT2D eigenvalue weighted by Gasteiger charge is -2.42. The molecule has 4 aromatic rings. The molecule has 2 aliphatic heterocycles. The molecule has 0 amide bonds. The second-order valence-electron chi connectivity index (χ2n) is 11.5. The molecule has 6 rings (SSSR count). The number of para-hydroxylation sites is 1. The molecule has 1 fully saturated rings. The predicted octanol–water partition coefficient (Wildman–Crippen LogP) is 6.87. The Morgan fingerprint density at radius 2 is 1.70 bits per heavy atom. The predicted molar refractivity (Wildman–Crippen MR) is 153 cm³/mol. The van der Waals surface area contributed by atoms with Crippen LogP contribution in [0.3, 0.4) is 0 Å². The van der Waals surface area contributed by atoms with Crippen molar-refractivity contribution in [3.63, 3.8) is 0 Å². The van der Waals surface area contributed by atoms with E-state index in [2.05, 4.69) is 46.8 Å². The zero-order valence-corrected chi connectivity index (χ0v) is 23.0. The number of aromatic amines is 1. The summed E-state index contributed by atoms with van der Waals surface area (Å²) in [6, 6.07) is 20.4. The minimum atomic E-state index is -0.613. The SMILES string of the molecule is CC(CN1[C@H](c2c(F)cc(OCCN3CC(CF)C3)cc2F)c2[nH]c3ccccc3c2C[C@H]1C)c1ccccc1. The number of ether oxygens (including phenoxy) is 1. The van der Waals surface area contributed by atoms with Crippen molar-refractivity contribution in [3.8, 4) is 5.75 Å². The maximum absolute atomic E-state index is 16.0. The van der Waals surface area contributed by atoms with Gasteiger partial charge in [-0.1, -0.05) is 55.5 Å². The number of fused-ring (bicyclic) bond motifs is 3. The Morgan fingerprint density at radius 1 is 1.00 bits per heavy atom. The quantitative estimate of drug-likeness (QED) is 0.248. The minimum absolute atomic E-state index is 0.0421. The molecule has 4 nitrogen and oxygen atoms in total. The molecule has 0 radical (unpaired) electrons. The first-order chi connectivity index (χ1) is 19.4. The normalized spacial score (nSPS) is 20.8. The second kappa shape index (κ2) is 11.3. The van der Waals surface area contributed by atoms with Crippen LogP contribution in [0, 0.1) is 17.6 Å². The van der Waals surface area contributed by atoms with Gasteiger partial charge in [-0.25, -0.2) is 8.78 Å². The van der Waals surface area contributed by atoms with Crippen LogP contribution in [-0.2, 0) is 6.42 Å². The third-order valence-electron chi connectivity index (χ3n) is 8.62. The topological polar surface area (TPSA) is 31.5 Å². The van der Waals surface area contributed by atoms with Crippen LogP contribution in [0.2, 0.25) is 0 Å². The van der Waals surface area contributed by atoms with E-state index in [1.54, 1.807) is 0 Å². The van der Waals surface area contributed by atoms with E-state index in [0.717, 1.165) is 28.6 Å². The van der Waals surface area contributed by atoms with Crippen LogP contribution < -0.4 is 4.74 Å². The highest BCUT2D eigenvalue weighted by Crippen LogP contribution is 2.43. The number of alkyl halides is 1. The molecule has 0 bridgehead atoms. The number of nitrogens with one attached hydrogen (secondary N) is 1. The van der Waals surface area contributed by atoms with Crippen LogP contribution in [0.1, 0.15) is 48.2 Å². The first-order valence-corrected chi connectivity index (χ1v) is 14.2. The molecule has 0 aliphatic carbocycles. The summed E-state index contributed by atoms with van der Waals surface area (Å²) in [5, 5.41) is 1.10. The van der Waals surface area contributed by atoms with Crippen molar-refractivity contribution < 1.29 is 17.9 Å². The molecular formula is C33H36F3N3O. The highest BCUT2D eigenvalue weighted by molar-refractivity contribution is 5.85. The molecule has 3 aromatic carbocycles. The van der Waals surface area contributed by atoms with E-state index >= 15 is 8.78 Å². The highest BCUT2D eigenvalue weighted by atomic mass is 19.1. The number of H-pyrrole nitrogens is 1. The molecule has 7 heteroatoms. The van der Waals surface area contributed by atoms with Crippen LogP contribution in [0.4, 0.5) is 13.2 Å². The zero-order chi connectivity index (χ0) is 27.8. The van der Waals surface area contributed by atoms with Crippen LogP contribution in [-0.4, -0.2) is 60.3 Å². The minimum Gasteiger partial charge on any atom is -0.492 e. The summed E-state index contributed by atoms with van der Waals surface area (Å²) >= 11 is 0. The third-order valence-corrected chi connectivity index (χ3v) is 8.62. The average Bonchev–Trinajstić information content (AvgIpc) is 3.29. The van der Waals surface area contributed by atoms with Gasteiger partial charge in [0.15, 0.2) is 0 Å². The number of benzene rings is 3. The maximum Gasteiger partial charge on any atom is 0.135 e. The van der Waals surface area contributed by atoms with Crippen molar-refractivity contribution in [2.45, 2.75) is 38.3 Å². The van der Waals surface area contributed by atoms with E-state index in [9.17, 15) is 4.39 Å². The fraction of sp³-hybridized carbons (Fsp3) is 0.394. The van der Waals surface area contributed by atoms with Gasteiger partial charge in [0.25, 0.3) is 0 Å².